The number of carbonyl (C=O) groups is 1. The van der Waals surface area contributed by atoms with Crippen molar-refractivity contribution in [2.24, 2.45) is 0 Å². The number of rotatable bonds is 5. The molecule has 2 aromatic carbocycles. The number of benzene rings is 2. The molecule has 0 aliphatic heterocycles. The van der Waals surface area contributed by atoms with Crippen LogP contribution in [0.4, 0.5) is 5.69 Å². The minimum Gasteiger partial charge on any atom is -0.508 e. The maximum absolute atomic E-state index is 12.1. The van der Waals surface area contributed by atoms with Gasteiger partial charge in [-0.05, 0) is 54.8 Å². The Labute approximate surface area is 123 Å². The van der Waals surface area contributed by atoms with E-state index >= 15 is 0 Å². The number of carbonyl (C=O) groups excluding carboxylic acids is 1. The molecule has 0 heterocycles. The van der Waals surface area contributed by atoms with Gasteiger partial charge in [0.25, 0.3) is 5.91 Å². The molecular weight excluding hydrogens is 264 g/mol. The summed E-state index contributed by atoms with van der Waals surface area (Å²) in [6.07, 6.45) is 2.52. The summed E-state index contributed by atoms with van der Waals surface area (Å²) in [4.78, 5) is 12.1. The summed E-state index contributed by atoms with van der Waals surface area (Å²) in [5.74, 6) is -0.0259. The molecule has 1 saturated carbocycles. The molecule has 1 fully saturated rings. The Morgan fingerprint density at radius 2 is 1.90 bits per heavy atom. The molecule has 0 bridgehead atoms. The Bertz CT molecular complexity index is 633. The third-order valence-corrected chi connectivity index (χ3v) is 3.49. The van der Waals surface area contributed by atoms with Crippen LogP contribution in [0.25, 0.3) is 0 Å². The smallest absolute Gasteiger partial charge is 0.255 e. The van der Waals surface area contributed by atoms with E-state index in [0.717, 1.165) is 17.8 Å². The van der Waals surface area contributed by atoms with Crippen molar-refractivity contribution in [3.8, 4) is 5.75 Å². The lowest BCUT2D eigenvalue weighted by atomic mass is 10.1. The molecule has 1 amide bonds. The van der Waals surface area contributed by atoms with Crippen molar-refractivity contribution in [3.63, 3.8) is 0 Å². The van der Waals surface area contributed by atoms with Gasteiger partial charge in [0, 0.05) is 23.8 Å². The van der Waals surface area contributed by atoms with Gasteiger partial charge >= 0.3 is 0 Å². The summed E-state index contributed by atoms with van der Waals surface area (Å²) >= 11 is 0. The average Bonchev–Trinajstić information content (AvgIpc) is 3.30. The minimum atomic E-state index is -0.178. The maximum Gasteiger partial charge on any atom is 0.255 e. The lowest BCUT2D eigenvalue weighted by molar-refractivity contribution is 0.102. The average molecular weight is 282 g/mol. The first kappa shape index (κ1) is 13.6. The molecule has 0 unspecified atom stereocenters. The Morgan fingerprint density at radius 1 is 1.14 bits per heavy atom. The van der Waals surface area contributed by atoms with Crippen LogP contribution in [0.5, 0.6) is 5.75 Å². The van der Waals surface area contributed by atoms with E-state index in [2.05, 4.69) is 10.6 Å². The Hall–Kier alpha value is -2.33. The van der Waals surface area contributed by atoms with Gasteiger partial charge in [0.1, 0.15) is 5.75 Å². The largest absolute Gasteiger partial charge is 0.508 e. The molecule has 1 aliphatic carbocycles. The Balaban J connectivity index is 1.64. The Morgan fingerprint density at radius 3 is 2.62 bits per heavy atom. The molecule has 0 saturated heterocycles. The second-order valence-electron chi connectivity index (χ2n) is 5.36. The maximum atomic E-state index is 12.1. The summed E-state index contributed by atoms with van der Waals surface area (Å²) in [5.41, 5.74) is 2.46. The molecule has 3 N–H and O–H groups in total. The summed E-state index contributed by atoms with van der Waals surface area (Å²) in [5, 5.41) is 15.6. The molecule has 4 heteroatoms. The van der Waals surface area contributed by atoms with Gasteiger partial charge < -0.3 is 15.7 Å². The zero-order valence-electron chi connectivity index (χ0n) is 11.7. The highest BCUT2D eigenvalue weighted by Gasteiger charge is 2.19. The van der Waals surface area contributed by atoms with E-state index in [9.17, 15) is 9.90 Å². The normalized spacial score (nSPS) is 13.9. The molecule has 108 valence electrons. The van der Waals surface area contributed by atoms with Crippen molar-refractivity contribution in [1.29, 1.82) is 0 Å². The highest BCUT2D eigenvalue weighted by molar-refractivity contribution is 6.04. The van der Waals surface area contributed by atoms with Crippen LogP contribution >= 0.6 is 0 Å². The third-order valence-electron chi connectivity index (χ3n) is 3.49. The van der Waals surface area contributed by atoms with Crippen molar-refractivity contribution in [2.45, 2.75) is 25.4 Å². The number of anilines is 1. The molecule has 0 radical (unpaired) electrons. The fourth-order valence-corrected chi connectivity index (χ4v) is 2.12. The first-order valence-corrected chi connectivity index (χ1v) is 7.13. The standard InChI is InChI=1S/C17H18N2O2/c20-16-8-4-13(5-9-16)17(21)19-15-3-1-2-12(10-15)11-18-14-6-7-14/h1-5,8-10,14,18,20H,6-7,11H2,(H,19,21). The van der Waals surface area contributed by atoms with E-state index in [1.165, 1.54) is 25.0 Å². The van der Waals surface area contributed by atoms with Crippen LogP contribution in [0, 0.1) is 0 Å². The lowest BCUT2D eigenvalue weighted by Gasteiger charge is -2.08. The van der Waals surface area contributed by atoms with Gasteiger partial charge in [-0.2, -0.15) is 0 Å². The number of nitrogens with one attached hydrogen (secondary N) is 2. The number of amides is 1. The Kier molecular flexibility index (Phi) is 3.88. The zero-order valence-corrected chi connectivity index (χ0v) is 11.7. The minimum absolute atomic E-state index is 0.152. The second kappa shape index (κ2) is 5.97. The summed E-state index contributed by atoms with van der Waals surface area (Å²) in [6.45, 7) is 0.827. The van der Waals surface area contributed by atoms with E-state index in [0.29, 0.717) is 11.6 Å². The van der Waals surface area contributed by atoms with Gasteiger partial charge in [-0.1, -0.05) is 12.1 Å². The number of hydrogen-bond donors (Lipinski definition) is 3. The van der Waals surface area contributed by atoms with Crippen LogP contribution in [-0.2, 0) is 6.54 Å². The second-order valence-corrected chi connectivity index (χ2v) is 5.36. The number of phenolic OH excluding ortho intramolecular Hbond substituents is 1. The molecule has 4 nitrogen and oxygen atoms in total. The van der Waals surface area contributed by atoms with Gasteiger partial charge in [0.15, 0.2) is 0 Å². The van der Waals surface area contributed by atoms with E-state index < -0.39 is 0 Å². The molecule has 21 heavy (non-hydrogen) atoms. The van der Waals surface area contributed by atoms with Crippen LogP contribution < -0.4 is 10.6 Å². The van der Waals surface area contributed by atoms with Crippen molar-refractivity contribution in [2.75, 3.05) is 5.32 Å². The fourth-order valence-electron chi connectivity index (χ4n) is 2.12. The summed E-state index contributed by atoms with van der Waals surface area (Å²) < 4.78 is 0. The van der Waals surface area contributed by atoms with E-state index in [1.807, 2.05) is 24.3 Å². The van der Waals surface area contributed by atoms with Crippen LogP contribution in [0.1, 0.15) is 28.8 Å². The van der Waals surface area contributed by atoms with E-state index in [-0.39, 0.29) is 11.7 Å². The van der Waals surface area contributed by atoms with Crippen LogP contribution in [0.3, 0.4) is 0 Å². The molecule has 0 spiro atoms. The monoisotopic (exact) mass is 282 g/mol. The third kappa shape index (κ3) is 3.83. The van der Waals surface area contributed by atoms with Crippen LogP contribution in [-0.4, -0.2) is 17.1 Å². The van der Waals surface area contributed by atoms with Gasteiger partial charge in [-0.25, -0.2) is 0 Å². The van der Waals surface area contributed by atoms with Gasteiger partial charge in [0.2, 0.25) is 0 Å². The molecule has 0 aromatic heterocycles. The predicted molar refractivity (Wildman–Crippen MR) is 82.4 cm³/mol. The first-order valence-electron chi connectivity index (χ1n) is 7.13. The molecule has 3 rings (SSSR count). The van der Waals surface area contributed by atoms with Gasteiger partial charge in [-0.3, -0.25) is 4.79 Å². The van der Waals surface area contributed by atoms with Crippen molar-refractivity contribution in [3.05, 3.63) is 59.7 Å². The number of hydrogen-bond acceptors (Lipinski definition) is 3. The van der Waals surface area contributed by atoms with E-state index in [4.69, 9.17) is 0 Å². The highest BCUT2D eigenvalue weighted by Crippen LogP contribution is 2.20. The van der Waals surface area contributed by atoms with Gasteiger partial charge in [-0.15, -0.1) is 0 Å². The molecule has 1 aliphatic rings. The molecule has 0 atom stereocenters. The first-order chi connectivity index (χ1) is 10.2. The van der Waals surface area contributed by atoms with Gasteiger partial charge in [0.05, 0.1) is 0 Å². The fraction of sp³-hybridized carbons (Fsp3) is 0.235. The number of aromatic hydroxyl groups is 1. The van der Waals surface area contributed by atoms with Crippen molar-refractivity contribution >= 4 is 11.6 Å². The predicted octanol–water partition coefficient (Wildman–Crippen LogP) is 2.90. The lowest BCUT2D eigenvalue weighted by Crippen LogP contribution is -2.16. The highest BCUT2D eigenvalue weighted by atomic mass is 16.3. The van der Waals surface area contributed by atoms with Crippen molar-refractivity contribution < 1.29 is 9.90 Å². The molecular formula is C17H18N2O2. The van der Waals surface area contributed by atoms with Crippen LogP contribution in [0.15, 0.2) is 48.5 Å². The van der Waals surface area contributed by atoms with Crippen molar-refractivity contribution in [1.82, 2.24) is 5.32 Å². The summed E-state index contributed by atoms with van der Waals surface area (Å²) in [7, 11) is 0. The topological polar surface area (TPSA) is 61.4 Å². The SMILES string of the molecule is O=C(Nc1cccc(CNC2CC2)c1)c1ccc(O)cc1. The quantitative estimate of drug-likeness (QED) is 0.790. The van der Waals surface area contributed by atoms with Crippen LogP contribution in [0.2, 0.25) is 0 Å². The van der Waals surface area contributed by atoms with E-state index in [1.54, 1.807) is 12.1 Å². The molecule has 2 aromatic rings. The zero-order chi connectivity index (χ0) is 14.7. The number of phenols is 1. The summed E-state index contributed by atoms with van der Waals surface area (Å²) in [6, 6.07) is 14.7.